The summed E-state index contributed by atoms with van der Waals surface area (Å²) in [5.41, 5.74) is 0.164. The first-order valence-electron chi connectivity index (χ1n) is 4.27. The standard InChI is InChI=1S/C9H11FN2O3/c1-5-7(10)8(12-4-11-5)15-6(2)9(13)14-3/h4,6H,1-3H3. The Balaban J connectivity index is 2.81. The number of aromatic nitrogens is 2. The van der Waals surface area contributed by atoms with Crippen molar-refractivity contribution < 1.29 is 18.7 Å². The Morgan fingerprint density at radius 3 is 2.80 bits per heavy atom. The summed E-state index contributed by atoms with van der Waals surface area (Å²) in [6.45, 7) is 2.93. The minimum Gasteiger partial charge on any atom is -0.466 e. The second-order valence-corrected chi connectivity index (χ2v) is 2.86. The number of halogens is 1. The van der Waals surface area contributed by atoms with Gasteiger partial charge in [0.2, 0.25) is 5.82 Å². The first kappa shape index (κ1) is 11.4. The average Bonchev–Trinajstić information content (AvgIpc) is 2.23. The minimum absolute atomic E-state index is 0.164. The highest BCUT2D eigenvalue weighted by molar-refractivity contribution is 5.74. The largest absolute Gasteiger partial charge is 0.466 e. The summed E-state index contributed by atoms with van der Waals surface area (Å²) >= 11 is 0. The molecule has 1 aromatic rings. The van der Waals surface area contributed by atoms with Crippen molar-refractivity contribution in [2.45, 2.75) is 20.0 Å². The van der Waals surface area contributed by atoms with E-state index in [4.69, 9.17) is 4.74 Å². The molecule has 0 N–H and O–H groups in total. The van der Waals surface area contributed by atoms with E-state index in [0.717, 1.165) is 6.33 Å². The summed E-state index contributed by atoms with van der Waals surface area (Å²) in [5.74, 6) is -1.51. The molecule has 1 unspecified atom stereocenters. The summed E-state index contributed by atoms with van der Waals surface area (Å²) in [5, 5.41) is 0. The number of ether oxygens (including phenoxy) is 2. The van der Waals surface area contributed by atoms with Crippen LogP contribution in [0.5, 0.6) is 5.88 Å². The van der Waals surface area contributed by atoms with Gasteiger partial charge in [0.25, 0.3) is 5.88 Å². The lowest BCUT2D eigenvalue weighted by molar-refractivity contribution is -0.148. The Labute approximate surface area is 86.2 Å². The fraction of sp³-hybridized carbons (Fsp3) is 0.444. The molecule has 0 aromatic carbocycles. The van der Waals surface area contributed by atoms with E-state index in [-0.39, 0.29) is 11.6 Å². The molecule has 0 saturated heterocycles. The molecule has 0 spiro atoms. The Bertz CT molecular complexity index is 370. The first-order chi connectivity index (χ1) is 7.06. The maximum atomic E-state index is 13.3. The van der Waals surface area contributed by atoms with Crippen molar-refractivity contribution in [1.29, 1.82) is 0 Å². The normalized spacial score (nSPS) is 12.0. The van der Waals surface area contributed by atoms with E-state index in [1.807, 2.05) is 0 Å². The van der Waals surface area contributed by atoms with Crippen molar-refractivity contribution in [1.82, 2.24) is 9.97 Å². The van der Waals surface area contributed by atoms with E-state index in [0.29, 0.717) is 0 Å². The quantitative estimate of drug-likeness (QED) is 0.698. The Kier molecular flexibility index (Phi) is 3.54. The predicted molar refractivity (Wildman–Crippen MR) is 48.8 cm³/mol. The van der Waals surface area contributed by atoms with Crippen LogP contribution in [-0.4, -0.2) is 29.2 Å². The second-order valence-electron chi connectivity index (χ2n) is 2.86. The summed E-state index contributed by atoms with van der Waals surface area (Å²) in [6, 6.07) is 0. The lowest BCUT2D eigenvalue weighted by Crippen LogP contribution is -2.25. The molecular weight excluding hydrogens is 203 g/mol. The molecule has 82 valence electrons. The van der Waals surface area contributed by atoms with Crippen LogP contribution in [0.4, 0.5) is 4.39 Å². The van der Waals surface area contributed by atoms with E-state index in [2.05, 4.69) is 14.7 Å². The van der Waals surface area contributed by atoms with Crippen LogP contribution in [0.3, 0.4) is 0 Å². The number of aryl methyl sites for hydroxylation is 1. The van der Waals surface area contributed by atoms with Crippen LogP contribution in [0, 0.1) is 12.7 Å². The molecule has 1 aromatic heterocycles. The fourth-order valence-corrected chi connectivity index (χ4v) is 0.900. The van der Waals surface area contributed by atoms with Gasteiger partial charge >= 0.3 is 5.97 Å². The zero-order valence-electron chi connectivity index (χ0n) is 8.65. The summed E-state index contributed by atoms with van der Waals surface area (Å²) < 4.78 is 22.7. The van der Waals surface area contributed by atoms with Crippen molar-refractivity contribution in [2.24, 2.45) is 0 Å². The van der Waals surface area contributed by atoms with Crippen molar-refractivity contribution in [2.75, 3.05) is 7.11 Å². The van der Waals surface area contributed by atoms with Gasteiger partial charge in [0.15, 0.2) is 6.10 Å². The highest BCUT2D eigenvalue weighted by Crippen LogP contribution is 2.15. The van der Waals surface area contributed by atoms with Crippen LogP contribution in [0.1, 0.15) is 12.6 Å². The molecule has 1 rings (SSSR count). The summed E-state index contributed by atoms with van der Waals surface area (Å²) in [4.78, 5) is 18.2. The zero-order chi connectivity index (χ0) is 11.4. The third-order valence-corrected chi connectivity index (χ3v) is 1.75. The third-order valence-electron chi connectivity index (χ3n) is 1.75. The average molecular weight is 214 g/mol. The molecular formula is C9H11FN2O3. The smallest absolute Gasteiger partial charge is 0.346 e. The summed E-state index contributed by atoms with van der Waals surface area (Å²) in [7, 11) is 1.23. The number of hydrogen-bond donors (Lipinski definition) is 0. The topological polar surface area (TPSA) is 61.3 Å². The van der Waals surface area contributed by atoms with E-state index in [9.17, 15) is 9.18 Å². The maximum Gasteiger partial charge on any atom is 0.346 e. The van der Waals surface area contributed by atoms with E-state index >= 15 is 0 Å². The van der Waals surface area contributed by atoms with E-state index in [1.165, 1.54) is 21.0 Å². The Morgan fingerprint density at radius 2 is 2.20 bits per heavy atom. The van der Waals surface area contributed by atoms with Gasteiger partial charge in [0, 0.05) is 0 Å². The molecule has 15 heavy (non-hydrogen) atoms. The SMILES string of the molecule is COC(=O)C(C)Oc1ncnc(C)c1F. The number of rotatable bonds is 3. The van der Waals surface area contributed by atoms with Gasteiger partial charge in [-0.2, -0.15) is 9.37 Å². The van der Waals surface area contributed by atoms with Crippen LogP contribution in [0.15, 0.2) is 6.33 Å². The van der Waals surface area contributed by atoms with Crippen molar-refractivity contribution in [3.8, 4) is 5.88 Å². The Morgan fingerprint density at radius 1 is 1.53 bits per heavy atom. The highest BCUT2D eigenvalue weighted by atomic mass is 19.1. The Hall–Kier alpha value is -1.72. The monoisotopic (exact) mass is 214 g/mol. The molecule has 5 nitrogen and oxygen atoms in total. The van der Waals surface area contributed by atoms with E-state index < -0.39 is 17.9 Å². The summed E-state index contributed by atoms with van der Waals surface area (Å²) in [6.07, 6.45) is 0.261. The molecule has 0 bridgehead atoms. The number of nitrogens with zero attached hydrogens (tertiary/aromatic N) is 2. The van der Waals surface area contributed by atoms with Crippen LogP contribution in [-0.2, 0) is 9.53 Å². The molecule has 1 atom stereocenters. The fourth-order valence-electron chi connectivity index (χ4n) is 0.900. The van der Waals surface area contributed by atoms with Gasteiger partial charge in [0.05, 0.1) is 12.8 Å². The zero-order valence-corrected chi connectivity index (χ0v) is 8.65. The lowest BCUT2D eigenvalue weighted by atomic mass is 10.4. The molecule has 0 fully saturated rings. The van der Waals surface area contributed by atoms with Crippen LogP contribution < -0.4 is 4.74 Å². The molecule has 6 heteroatoms. The lowest BCUT2D eigenvalue weighted by Gasteiger charge is -2.11. The molecule has 0 aliphatic rings. The number of carbonyl (C=O) groups excluding carboxylic acids is 1. The number of methoxy groups -OCH3 is 1. The van der Waals surface area contributed by atoms with Crippen molar-refractivity contribution in [3.63, 3.8) is 0 Å². The van der Waals surface area contributed by atoms with Crippen LogP contribution in [0.2, 0.25) is 0 Å². The molecule has 1 heterocycles. The van der Waals surface area contributed by atoms with Crippen LogP contribution in [0.25, 0.3) is 0 Å². The number of hydrogen-bond acceptors (Lipinski definition) is 5. The maximum absolute atomic E-state index is 13.3. The van der Waals surface area contributed by atoms with Gasteiger partial charge in [-0.05, 0) is 13.8 Å². The van der Waals surface area contributed by atoms with Gasteiger partial charge in [-0.1, -0.05) is 0 Å². The van der Waals surface area contributed by atoms with Crippen molar-refractivity contribution >= 4 is 5.97 Å². The van der Waals surface area contributed by atoms with Gasteiger partial charge in [-0.25, -0.2) is 9.78 Å². The molecule has 0 saturated carbocycles. The van der Waals surface area contributed by atoms with Gasteiger partial charge < -0.3 is 9.47 Å². The highest BCUT2D eigenvalue weighted by Gasteiger charge is 2.18. The molecule has 0 aliphatic carbocycles. The van der Waals surface area contributed by atoms with Gasteiger partial charge in [0.1, 0.15) is 6.33 Å². The third kappa shape index (κ3) is 2.61. The van der Waals surface area contributed by atoms with Crippen molar-refractivity contribution in [3.05, 3.63) is 17.8 Å². The minimum atomic E-state index is -0.904. The predicted octanol–water partition coefficient (Wildman–Crippen LogP) is 0.864. The van der Waals surface area contributed by atoms with Gasteiger partial charge in [-0.15, -0.1) is 0 Å². The molecule has 0 amide bonds. The molecule has 0 radical (unpaired) electrons. The van der Waals surface area contributed by atoms with Crippen LogP contribution >= 0.6 is 0 Å². The van der Waals surface area contributed by atoms with E-state index in [1.54, 1.807) is 0 Å². The molecule has 0 aliphatic heterocycles. The second kappa shape index (κ2) is 4.68. The number of esters is 1. The van der Waals surface area contributed by atoms with Gasteiger partial charge in [-0.3, -0.25) is 0 Å². The first-order valence-corrected chi connectivity index (χ1v) is 4.27. The number of carbonyl (C=O) groups is 1.